The van der Waals surface area contributed by atoms with Crippen LogP contribution in [0.15, 0.2) is 23.0 Å². The second-order valence-electron chi connectivity index (χ2n) is 5.54. The van der Waals surface area contributed by atoms with E-state index >= 15 is 0 Å². The van der Waals surface area contributed by atoms with Crippen LogP contribution in [0.2, 0.25) is 0 Å². The zero-order chi connectivity index (χ0) is 14.9. The van der Waals surface area contributed by atoms with Gasteiger partial charge in [0.25, 0.3) is 5.78 Å². The van der Waals surface area contributed by atoms with E-state index in [-0.39, 0.29) is 5.95 Å². The zero-order valence-corrected chi connectivity index (χ0v) is 12.1. The van der Waals surface area contributed by atoms with Crippen molar-refractivity contribution in [1.29, 1.82) is 0 Å². The first-order valence-electron chi connectivity index (χ1n) is 7.49. The first kappa shape index (κ1) is 13.1. The summed E-state index contributed by atoms with van der Waals surface area (Å²) in [6.07, 6.45) is 9.23. The van der Waals surface area contributed by atoms with Crippen molar-refractivity contribution in [2.45, 2.75) is 38.1 Å². The molecule has 0 amide bonds. The minimum Gasteiger partial charge on any atom is -0.472 e. The van der Waals surface area contributed by atoms with Crippen LogP contribution in [0.1, 0.15) is 32.1 Å². The molecule has 22 heavy (non-hydrogen) atoms. The van der Waals surface area contributed by atoms with Crippen molar-refractivity contribution in [2.75, 3.05) is 11.1 Å². The molecule has 0 aromatic carbocycles. The molecule has 0 aliphatic heterocycles. The van der Waals surface area contributed by atoms with Gasteiger partial charge in [0.2, 0.25) is 11.9 Å². The van der Waals surface area contributed by atoms with Gasteiger partial charge in [-0.15, -0.1) is 5.10 Å². The van der Waals surface area contributed by atoms with Gasteiger partial charge in [-0.3, -0.25) is 0 Å². The summed E-state index contributed by atoms with van der Waals surface area (Å²) in [6, 6.07) is 2.20. The summed E-state index contributed by atoms with van der Waals surface area (Å²) < 4.78 is 6.49. The van der Waals surface area contributed by atoms with Crippen LogP contribution in [0.4, 0.5) is 11.9 Å². The molecule has 0 saturated heterocycles. The number of hydrogen-bond acceptors (Lipinski definition) is 7. The van der Waals surface area contributed by atoms with E-state index < -0.39 is 0 Å². The molecule has 0 radical (unpaired) electrons. The summed E-state index contributed by atoms with van der Waals surface area (Å²) in [7, 11) is 0. The Morgan fingerprint density at radius 1 is 1.18 bits per heavy atom. The summed E-state index contributed by atoms with van der Waals surface area (Å²) in [6.45, 7) is 0. The van der Waals surface area contributed by atoms with Crippen LogP contribution in [0.25, 0.3) is 17.2 Å². The lowest BCUT2D eigenvalue weighted by Crippen LogP contribution is -2.24. The van der Waals surface area contributed by atoms with Gasteiger partial charge in [0.05, 0.1) is 11.8 Å². The smallest absolute Gasteiger partial charge is 0.259 e. The maximum atomic E-state index is 5.97. The summed E-state index contributed by atoms with van der Waals surface area (Å²) in [5, 5.41) is 7.67. The fourth-order valence-electron chi connectivity index (χ4n) is 2.81. The summed E-state index contributed by atoms with van der Waals surface area (Å²) in [5.74, 6) is 1.74. The highest BCUT2D eigenvalue weighted by atomic mass is 16.3. The molecule has 0 bridgehead atoms. The molecule has 0 atom stereocenters. The predicted octanol–water partition coefficient (Wildman–Crippen LogP) is 2.11. The number of furan rings is 1. The van der Waals surface area contributed by atoms with Gasteiger partial charge in [-0.05, 0) is 18.9 Å². The standard InChI is InChI=1S/C14H17N7O/c15-12-18-13(16-10-4-2-1-3-5-10)19-14-17-11(20-21(12)14)9-6-7-22-8-9/h6-8,10H,1-5H2,(H3,15,16,17,18,19,20). The molecule has 1 fully saturated rings. The molecule has 1 aliphatic carbocycles. The van der Waals surface area contributed by atoms with Gasteiger partial charge in [-0.25, -0.2) is 0 Å². The second-order valence-corrected chi connectivity index (χ2v) is 5.54. The van der Waals surface area contributed by atoms with E-state index in [0.717, 1.165) is 18.4 Å². The number of nitrogens with two attached hydrogens (primary N) is 1. The molecule has 3 heterocycles. The van der Waals surface area contributed by atoms with E-state index in [9.17, 15) is 0 Å². The van der Waals surface area contributed by atoms with Gasteiger partial charge in [0.1, 0.15) is 6.26 Å². The third-order valence-corrected chi connectivity index (χ3v) is 3.95. The molecule has 0 spiro atoms. The molecule has 3 aromatic rings. The van der Waals surface area contributed by atoms with Crippen molar-refractivity contribution in [1.82, 2.24) is 24.6 Å². The minimum atomic E-state index is 0.269. The van der Waals surface area contributed by atoms with Gasteiger partial charge in [-0.2, -0.15) is 19.5 Å². The van der Waals surface area contributed by atoms with Gasteiger partial charge in [-0.1, -0.05) is 19.3 Å². The van der Waals surface area contributed by atoms with Gasteiger partial charge in [0.15, 0.2) is 5.82 Å². The Morgan fingerprint density at radius 3 is 2.82 bits per heavy atom. The van der Waals surface area contributed by atoms with Crippen molar-refractivity contribution in [3.05, 3.63) is 18.6 Å². The Labute approximate surface area is 126 Å². The monoisotopic (exact) mass is 299 g/mol. The van der Waals surface area contributed by atoms with Crippen LogP contribution in [-0.4, -0.2) is 30.6 Å². The highest BCUT2D eigenvalue weighted by molar-refractivity contribution is 5.56. The Bertz CT molecular complexity index is 774. The van der Waals surface area contributed by atoms with Crippen molar-refractivity contribution in [2.24, 2.45) is 0 Å². The van der Waals surface area contributed by atoms with Crippen molar-refractivity contribution in [3.63, 3.8) is 0 Å². The number of nitrogens with one attached hydrogen (secondary N) is 1. The molecule has 8 nitrogen and oxygen atoms in total. The number of nitrogens with zero attached hydrogens (tertiary/aromatic N) is 5. The predicted molar refractivity (Wildman–Crippen MR) is 81.2 cm³/mol. The first-order chi connectivity index (χ1) is 10.8. The lowest BCUT2D eigenvalue weighted by molar-refractivity contribution is 0.461. The largest absolute Gasteiger partial charge is 0.472 e. The SMILES string of the molecule is Nc1nc(NC2CCCCC2)nc2nc(-c3ccoc3)nn12. The summed E-state index contributed by atoms with van der Waals surface area (Å²) in [5.41, 5.74) is 6.76. The number of hydrogen-bond donors (Lipinski definition) is 2. The number of rotatable bonds is 3. The van der Waals surface area contributed by atoms with Crippen LogP contribution < -0.4 is 11.1 Å². The molecule has 0 unspecified atom stereocenters. The second kappa shape index (κ2) is 5.28. The number of fused-ring (bicyclic) bond motifs is 1. The van der Waals surface area contributed by atoms with Crippen molar-refractivity contribution in [3.8, 4) is 11.4 Å². The van der Waals surface area contributed by atoms with E-state index in [1.54, 1.807) is 18.6 Å². The number of anilines is 2. The van der Waals surface area contributed by atoms with E-state index in [1.165, 1.54) is 23.8 Å². The van der Waals surface area contributed by atoms with Crippen molar-refractivity contribution >= 4 is 17.7 Å². The molecular formula is C14H17N7O. The number of nitrogen functional groups attached to an aromatic ring is 1. The lowest BCUT2D eigenvalue weighted by Gasteiger charge is -2.22. The molecule has 3 N–H and O–H groups in total. The average molecular weight is 299 g/mol. The first-order valence-corrected chi connectivity index (χ1v) is 7.49. The Kier molecular flexibility index (Phi) is 3.14. The van der Waals surface area contributed by atoms with E-state index in [4.69, 9.17) is 10.2 Å². The Hall–Kier alpha value is -2.64. The molecular weight excluding hydrogens is 282 g/mol. The topological polar surface area (TPSA) is 107 Å². The molecule has 3 aromatic heterocycles. The average Bonchev–Trinajstić information content (AvgIpc) is 3.17. The molecule has 1 aliphatic rings. The van der Waals surface area contributed by atoms with E-state index in [2.05, 4.69) is 25.4 Å². The molecule has 114 valence electrons. The fourth-order valence-corrected chi connectivity index (χ4v) is 2.81. The van der Waals surface area contributed by atoms with Crippen LogP contribution in [0, 0.1) is 0 Å². The van der Waals surface area contributed by atoms with Crippen LogP contribution >= 0.6 is 0 Å². The van der Waals surface area contributed by atoms with Crippen LogP contribution in [0.3, 0.4) is 0 Å². The lowest BCUT2D eigenvalue weighted by atomic mass is 9.96. The maximum absolute atomic E-state index is 5.97. The summed E-state index contributed by atoms with van der Waals surface area (Å²) in [4.78, 5) is 13.1. The normalized spacial score (nSPS) is 16.2. The fraction of sp³-hybridized carbons (Fsp3) is 0.429. The van der Waals surface area contributed by atoms with Gasteiger partial charge >= 0.3 is 0 Å². The quantitative estimate of drug-likeness (QED) is 0.762. The zero-order valence-electron chi connectivity index (χ0n) is 12.1. The Balaban J connectivity index is 1.66. The van der Waals surface area contributed by atoms with Crippen LogP contribution in [0.5, 0.6) is 0 Å². The number of aromatic nitrogens is 5. The van der Waals surface area contributed by atoms with Gasteiger partial charge in [0, 0.05) is 6.04 Å². The third kappa shape index (κ3) is 2.36. The minimum absolute atomic E-state index is 0.269. The third-order valence-electron chi connectivity index (χ3n) is 3.95. The summed E-state index contributed by atoms with van der Waals surface area (Å²) >= 11 is 0. The van der Waals surface area contributed by atoms with E-state index in [1.807, 2.05) is 0 Å². The highest BCUT2D eigenvalue weighted by Crippen LogP contribution is 2.21. The highest BCUT2D eigenvalue weighted by Gasteiger charge is 2.17. The Morgan fingerprint density at radius 2 is 2.05 bits per heavy atom. The van der Waals surface area contributed by atoms with Crippen molar-refractivity contribution < 1.29 is 4.42 Å². The van der Waals surface area contributed by atoms with E-state index in [0.29, 0.717) is 23.6 Å². The maximum Gasteiger partial charge on any atom is 0.259 e. The van der Waals surface area contributed by atoms with Gasteiger partial charge < -0.3 is 15.5 Å². The molecule has 4 rings (SSSR count). The van der Waals surface area contributed by atoms with Crippen LogP contribution in [-0.2, 0) is 0 Å². The molecule has 8 heteroatoms. The molecule has 1 saturated carbocycles.